The van der Waals surface area contributed by atoms with Gasteiger partial charge in [0, 0.05) is 44.0 Å². The van der Waals surface area contributed by atoms with E-state index in [9.17, 15) is 9.59 Å². The molecule has 1 saturated heterocycles. The second-order valence-electron chi connectivity index (χ2n) is 7.27. The molecule has 0 aromatic carbocycles. The van der Waals surface area contributed by atoms with Crippen molar-refractivity contribution in [3.05, 3.63) is 22.5 Å². The number of carbonyl (C=O) groups excluding carboxylic acids is 2. The number of rotatable bonds is 6. The molecule has 134 valence electrons. The minimum absolute atomic E-state index is 0.0352. The second-order valence-corrected chi connectivity index (χ2v) is 7.27. The number of amides is 1. The van der Waals surface area contributed by atoms with E-state index in [1.807, 2.05) is 11.8 Å². The highest BCUT2D eigenvalue weighted by atomic mass is 16.2. The van der Waals surface area contributed by atoms with Crippen LogP contribution in [0.3, 0.4) is 0 Å². The van der Waals surface area contributed by atoms with Crippen LogP contribution in [0, 0.1) is 12.8 Å². The number of piperazine rings is 1. The number of aryl methyl sites for hydroxylation is 1. The lowest BCUT2D eigenvalue weighted by molar-refractivity contribution is 0.0617. The molecular formula is C19H31N3O2. The third-order valence-electron chi connectivity index (χ3n) is 4.64. The van der Waals surface area contributed by atoms with E-state index < -0.39 is 0 Å². The normalized spacial score (nSPS) is 16.0. The van der Waals surface area contributed by atoms with Gasteiger partial charge in [-0.15, -0.1) is 0 Å². The molecule has 0 bridgehead atoms. The van der Waals surface area contributed by atoms with Gasteiger partial charge >= 0.3 is 0 Å². The highest BCUT2D eigenvalue weighted by Gasteiger charge is 2.28. The molecular weight excluding hydrogens is 302 g/mol. The summed E-state index contributed by atoms with van der Waals surface area (Å²) in [6.07, 6.45) is 1.67. The van der Waals surface area contributed by atoms with Gasteiger partial charge in [0.15, 0.2) is 5.78 Å². The molecule has 0 saturated carbocycles. The smallest absolute Gasteiger partial charge is 0.270 e. The maximum Gasteiger partial charge on any atom is 0.270 e. The van der Waals surface area contributed by atoms with Crippen LogP contribution in [0.4, 0.5) is 0 Å². The first-order chi connectivity index (χ1) is 11.3. The molecule has 0 aliphatic carbocycles. The molecule has 1 aromatic rings. The summed E-state index contributed by atoms with van der Waals surface area (Å²) in [6.45, 7) is 14.4. The number of Topliss-reactive ketones (excluding diaryl/α,β-unsaturated/α-hetero) is 1. The Hall–Kier alpha value is -1.62. The lowest BCUT2D eigenvalue weighted by Crippen LogP contribution is -2.49. The van der Waals surface area contributed by atoms with E-state index in [2.05, 4.69) is 30.7 Å². The fraction of sp³-hybridized carbons (Fsp3) is 0.684. The highest BCUT2D eigenvalue weighted by molar-refractivity contribution is 6.02. The van der Waals surface area contributed by atoms with Gasteiger partial charge < -0.3 is 9.88 Å². The standard InChI is InChI=1S/C19H31N3O2/c1-6-7-16-17(15(5)23)14(4)20-18(16)19(24)22-10-8-21(9-11-22)12-13(2)3/h13,20H,6-12H2,1-5H3. The maximum atomic E-state index is 13.0. The molecule has 1 aromatic heterocycles. The van der Waals surface area contributed by atoms with Crippen molar-refractivity contribution in [1.82, 2.24) is 14.8 Å². The summed E-state index contributed by atoms with van der Waals surface area (Å²) in [5.41, 5.74) is 3.04. The number of nitrogens with zero attached hydrogens (tertiary/aromatic N) is 2. The summed E-state index contributed by atoms with van der Waals surface area (Å²) in [5.74, 6) is 0.721. The molecule has 0 unspecified atom stereocenters. The van der Waals surface area contributed by atoms with Crippen LogP contribution in [0.1, 0.15) is 66.2 Å². The van der Waals surface area contributed by atoms with Crippen molar-refractivity contribution in [2.45, 2.75) is 47.5 Å². The van der Waals surface area contributed by atoms with Crippen LogP contribution in [0.2, 0.25) is 0 Å². The molecule has 0 atom stereocenters. The van der Waals surface area contributed by atoms with Gasteiger partial charge in [-0.25, -0.2) is 0 Å². The predicted octanol–water partition coefficient (Wildman–Crippen LogP) is 2.89. The fourth-order valence-electron chi connectivity index (χ4n) is 3.64. The number of H-pyrrole nitrogens is 1. The molecule has 0 spiro atoms. The summed E-state index contributed by atoms with van der Waals surface area (Å²) in [4.78, 5) is 32.5. The SMILES string of the molecule is CCCc1c(C(=O)N2CCN(CC(C)C)CC2)[nH]c(C)c1C(C)=O. The minimum atomic E-state index is 0.0352. The summed E-state index contributed by atoms with van der Waals surface area (Å²) in [6, 6.07) is 0. The molecule has 5 nitrogen and oxygen atoms in total. The lowest BCUT2D eigenvalue weighted by Gasteiger charge is -2.35. The Balaban J connectivity index is 2.16. The predicted molar refractivity (Wildman–Crippen MR) is 96.7 cm³/mol. The number of carbonyl (C=O) groups is 2. The van der Waals surface area contributed by atoms with Gasteiger partial charge in [-0.3, -0.25) is 14.5 Å². The molecule has 1 aliphatic rings. The Morgan fingerprint density at radius 1 is 1.17 bits per heavy atom. The van der Waals surface area contributed by atoms with Gasteiger partial charge in [0.2, 0.25) is 0 Å². The van der Waals surface area contributed by atoms with E-state index in [1.165, 1.54) is 0 Å². The number of aromatic amines is 1. The topological polar surface area (TPSA) is 56.4 Å². The van der Waals surface area contributed by atoms with Crippen LogP contribution in [-0.2, 0) is 6.42 Å². The molecule has 1 fully saturated rings. The largest absolute Gasteiger partial charge is 0.354 e. The molecule has 5 heteroatoms. The van der Waals surface area contributed by atoms with Gasteiger partial charge in [0.1, 0.15) is 5.69 Å². The third-order valence-corrected chi connectivity index (χ3v) is 4.64. The van der Waals surface area contributed by atoms with E-state index in [-0.39, 0.29) is 11.7 Å². The second kappa shape index (κ2) is 7.97. The molecule has 0 radical (unpaired) electrons. The monoisotopic (exact) mass is 333 g/mol. The number of ketones is 1. The highest BCUT2D eigenvalue weighted by Crippen LogP contribution is 2.23. The van der Waals surface area contributed by atoms with Gasteiger partial charge in [0.05, 0.1) is 0 Å². The average Bonchev–Trinajstić information content (AvgIpc) is 2.84. The van der Waals surface area contributed by atoms with Crippen molar-refractivity contribution in [3.63, 3.8) is 0 Å². The van der Waals surface area contributed by atoms with E-state index >= 15 is 0 Å². The Morgan fingerprint density at radius 3 is 2.29 bits per heavy atom. The van der Waals surface area contributed by atoms with Crippen molar-refractivity contribution in [2.75, 3.05) is 32.7 Å². The number of hydrogen-bond donors (Lipinski definition) is 1. The third kappa shape index (κ3) is 4.07. The lowest BCUT2D eigenvalue weighted by atomic mass is 10.0. The summed E-state index contributed by atoms with van der Waals surface area (Å²) in [7, 11) is 0. The van der Waals surface area contributed by atoms with E-state index in [1.54, 1.807) is 6.92 Å². The Labute approximate surface area is 145 Å². The number of hydrogen-bond acceptors (Lipinski definition) is 3. The Kier molecular flexibility index (Phi) is 6.21. The molecule has 1 amide bonds. The summed E-state index contributed by atoms with van der Waals surface area (Å²) < 4.78 is 0. The zero-order chi connectivity index (χ0) is 17.9. The van der Waals surface area contributed by atoms with E-state index in [4.69, 9.17) is 0 Å². The van der Waals surface area contributed by atoms with Crippen LogP contribution in [-0.4, -0.2) is 59.2 Å². The Bertz CT molecular complexity index is 596. The first-order valence-electron chi connectivity index (χ1n) is 9.09. The zero-order valence-corrected chi connectivity index (χ0v) is 15.7. The quantitative estimate of drug-likeness (QED) is 0.815. The first kappa shape index (κ1) is 18.7. The molecule has 24 heavy (non-hydrogen) atoms. The van der Waals surface area contributed by atoms with Crippen molar-refractivity contribution in [3.8, 4) is 0 Å². The maximum absolute atomic E-state index is 13.0. The summed E-state index contributed by atoms with van der Waals surface area (Å²) >= 11 is 0. The van der Waals surface area contributed by atoms with Crippen LogP contribution in [0.15, 0.2) is 0 Å². The van der Waals surface area contributed by atoms with Crippen LogP contribution in [0.25, 0.3) is 0 Å². The summed E-state index contributed by atoms with van der Waals surface area (Å²) in [5, 5.41) is 0. The van der Waals surface area contributed by atoms with Crippen molar-refractivity contribution < 1.29 is 9.59 Å². The van der Waals surface area contributed by atoms with Crippen molar-refractivity contribution in [1.29, 1.82) is 0 Å². The molecule has 1 aliphatic heterocycles. The number of aromatic nitrogens is 1. The number of nitrogens with one attached hydrogen (secondary N) is 1. The van der Waals surface area contributed by atoms with Crippen molar-refractivity contribution in [2.24, 2.45) is 5.92 Å². The van der Waals surface area contributed by atoms with E-state index in [0.29, 0.717) is 17.2 Å². The zero-order valence-electron chi connectivity index (χ0n) is 15.7. The van der Waals surface area contributed by atoms with Gasteiger partial charge in [0.25, 0.3) is 5.91 Å². The van der Waals surface area contributed by atoms with Crippen LogP contribution in [0.5, 0.6) is 0 Å². The first-order valence-corrected chi connectivity index (χ1v) is 9.09. The molecule has 2 heterocycles. The van der Waals surface area contributed by atoms with Gasteiger partial charge in [-0.2, -0.15) is 0 Å². The average molecular weight is 333 g/mol. The van der Waals surface area contributed by atoms with Crippen molar-refractivity contribution >= 4 is 11.7 Å². The van der Waals surface area contributed by atoms with E-state index in [0.717, 1.165) is 56.8 Å². The minimum Gasteiger partial charge on any atom is -0.354 e. The fourth-order valence-corrected chi connectivity index (χ4v) is 3.64. The molecule has 2 rings (SSSR count). The van der Waals surface area contributed by atoms with Crippen LogP contribution < -0.4 is 0 Å². The van der Waals surface area contributed by atoms with Crippen LogP contribution >= 0.6 is 0 Å². The molecule has 1 N–H and O–H groups in total. The van der Waals surface area contributed by atoms with Gasteiger partial charge in [-0.1, -0.05) is 27.2 Å². The van der Waals surface area contributed by atoms with Gasteiger partial charge in [-0.05, 0) is 31.7 Å². The Morgan fingerprint density at radius 2 is 1.79 bits per heavy atom.